The predicted octanol–water partition coefficient (Wildman–Crippen LogP) is 4.41. The Morgan fingerprint density at radius 3 is 2.50 bits per heavy atom. The van der Waals surface area contributed by atoms with Gasteiger partial charge in [0, 0.05) is 13.6 Å². The van der Waals surface area contributed by atoms with E-state index < -0.39 is 0 Å². The molecule has 2 aromatic carbocycles. The third-order valence-corrected chi connectivity index (χ3v) is 4.12. The van der Waals surface area contributed by atoms with Crippen LogP contribution in [0.5, 0.6) is 0 Å². The molecule has 0 aromatic heterocycles. The van der Waals surface area contributed by atoms with Crippen molar-refractivity contribution in [3.05, 3.63) is 67.7 Å². The molecule has 0 fully saturated rings. The third-order valence-electron chi connectivity index (χ3n) is 2.41. The lowest BCUT2D eigenvalue weighted by Crippen LogP contribution is -2.07. The summed E-state index contributed by atoms with van der Waals surface area (Å²) in [7, 11) is 0. The largest absolute Gasteiger partial charge is 0.457 e. The zero-order chi connectivity index (χ0) is 13.0. The molecule has 0 amide bonds. The molecule has 4 heteroatoms. The standard InChI is InChI=1S/C14H10BrIO2/c15-12-7-3-1-5-10(12)9-18-14(17)11-6-2-4-8-13(11)16/h1-8H,9H2. The number of carbonyl (C=O) groups excluding carboxylic acids is 1. The van der Waals surface area contributed by atoms with Gasteiger partial charge in [0.05, 0.1) is 5.56 Å². The summed E-state index contributed by atoms with van der Waals surface area (Å²) in [6.45, 7) is 0.269. The summed E-state index contributed by atoms with van der Waals surface area (Å²) < 4.78 is 7.14. The Hall–Kier alpha value is -0.880. The minimum absolute atomic E-state index is 0.269. The topological polar surface area (TPSA) is 26.3 Å². The molecule has 18 heavy (non-hydrogen) atoms. The fourth-order valence-corrected chi connectivity index (χ4v) is 2.47. The Morgan fingerprint density at radius 1 is 1.11 bits per heavy atom. The molecular weight excluding hydrogens is 407 g/mol. The van der Waals surface area contributed by atoms with Gasteiger partial charge in [-0.1, -0.05) is 46.3 Å². The average Bonchev–Trinajstić information content (AvgIpc) is 2.38. The first-order chi connectivity index (χ1) is 8.68. The van der Waals surface area contributed by atoms with Gasteiger partial charge in [-0.15, -0.1) is 0 Å². The van der Waals surface area contributed by atoms with Crippen molar-refractivity contribution in [3.8, 4) is 0 Å². The molecule has 0 aliphatic rings. The number of halogens is 2. The van der Waals surface area contributed by atoms with Crippen LogP contribution in [0.2, 0.25) is 0 Å². The van der Waals surface area contributed by atoms with Crippen LogP contribution in [-0.4, -0.2) is 5.97 Å². The van der Waals surface area contributed by atoms with E-state index in [0.717, 1.165) is 13.6 Å². The maximum atomic E-state index is 11.9. The molecule has 0 atom stereocenters. The molecule has 0 spiro atoms. The van der Waals surface area contributed by atoms with Gasteiger partial charge in [-0.25, -0.2) is 4.79 Å². The zero-order valence-electron chi connectivity index (χ0n) is 9.40. The SMILES string of the molecule is O=C(OCc1ccccc1Br)c1ccccc1I. The second-order valence-corrected chi connectivity index (χ2v) is 5.66. The van der Waals surface area contributed by atoms with Gasteiger partial charge in [0.25, 0.3) is 0 Å². The van der Waals surface area contributed by atoms with Crippen LogP contribution < -0.4 is 0 Å². The first-order valence-electron chi connectivity index (χ1n) is 5.33. The Kier molecular flexibility index (Phi) is 4.77. The fraction of sp³-hybridized carbons (Fsp3) is 0.0714. The number of esters is 1. The van der Waals surface area contributed by atoms with E-state index in [-0.39, 0.29) is 12.6 Å². The lowest BCUT2D eigenvalue weighted by molar-refractivity contribution is 0.0470. The van der Waals surface area contributed by atoms with E-state index in [4.69, 9.17) is 4.74 Å². The minimum atomic E-state index is -0.296. The summed E-state index contributed by atoms with van der Waals surface area (Å²) >= 11 is 5.55. The summed E-state index contributed by atoms with van der Waals surface area (Å²) in [4.78, 5) is 11.9. The molecule has 2 nitrogen and oxygen atoms in total. The molecule has 0 aliphatic heterocycles. The summed E-state index contributed by atoms with van der Waals surface area (Å²) in [5.74, 6) is -0.296. The highest BCUT2D eigenvalue weighted by Crippen LogP contribution is 2.18. The first-order valence-corrected chi connectivity index (χ1v) is 7.20. The van der Waals surface area contributed by atoms with Crippen LogP contribution in [0.15, 0.2) is 53.0 Å². The van der Waals surface area contributed by atoms with Crippen LogP contribution in [0.3, 0.4) is 0 Å². The molecule has 0 aliphatic carbocycles. The van der Waals surface area contributed by atoms with Crippen molar-refractivity contribution in [2.24, 2.45) is 0 Å². The summed E-state index contributed by atoms with van der Waals surface area (Å²) in [5.41, 5.74) is 1.56. The first kappa shape index (κ1) is 13.5. The smallest absolute Gasteiger partial charge is 0.339 e. The predicted molar refractivity (Wildman–Crippen MR) is 82.4 cm³/mol. The van der Waals surface area contributed by atoms with E-state index in [1.54, 1.807) is 6.07 Å². The second kappa shape index (κ2) is 6.33. The van der Waals surface area contributed by atoms with Gasteiger partial charge in [0.2, 0.25) is 0 Å². The van der Waals surface area contributed by atoms with Crippen molar-refractivity contribution in [3.63, 3.8) is 0 Å². The molecule has 0 N–H and O–H groups in total. The van der Waals surface area contributed by atoms with E-state index in [1.807, 2.05) is 42.5 Å². The lowest BCUT2D eigenvalue weighted by Gasteiger charge is -2.07. The summed E-state index contributed by atoms with van der Waals surface area (Å²) in [5, 5.41) is 0. The molecular formula is C14H10BrIO2. The molecule has 92 valence electrons. The number of ether oxygens (including phenoxy) is 1. The zero-order valence-corrected chi connectivity index (χ0v) is 13.1. The van der Waals surface area contributed by atoms with Crippen molar-refractivity contribution in [2.75, 3.05) is 0 Å². The highest BCUT2D eigenvalue weighted by Gasteiger charge is 2.11. The second-order valence-electron chi connectivity index (χ2n) is 3.65. The van der Waals surface area contributed by atoms with Crippen molar-refractivity contribution in [2.45, 2.75) is 6.61 Å². The quantitative estimate of drug-likeness (QED) is 0.547. The molecule has 2 rings (SSSR count). The van der Waals surface area contributed by atoms with E-state index in [9.17, 15) is 4.79 Å². The van der Waals surface area contributed by atoms with Crippen molar-refractivity contribution in [1.29, 1.82) is 0 Å². The Balaban J connectivity index is 2.06. The van der Waals surface area contributed by atoms with Gasteiger partial charge in [-0.05, 0) is 40.8 Å². The van der Waals surface area contributed by atoms with Gasteiger partial charge in [0.1, 0.15) is 6.61 Å². The molecule has 0 saturated carbocycles. The Bertz CT molecular complexity index is 569. The molecule has 0 bridgehead atoms. The number of rotatable bonds is 3. The van der Waals surface area contributed by atoms with E-state index >= 15 is 0 Å². The third kappa shape index (κ3) is 3.32. The number of hydrogen-bond acceptors (Lipinski definition) is 2. The van der Waals surface area contributed by atoms with E-state index in [1.165, 1.54) is 0 Å². The number of carbonyl (C=O) groups is 1. The van der Waals surface area contributed by atoms with Crippen LogP contribution in [0.25, 0.3) is 0 Å². The lowest BCUT2D eigenvalue weighted by atomic mass is 10.2. The molecule has 0 heterocycles. The van der Waals surface area contributed by atoms with Gasteiger partial charge < -0.3 is 4.74 Å². The van der Waals surface area contributed by atoms with Gasteiger partial charge in [-0.2, -0.15) is 0 Å². The summed E-state index contributed by atoms with van der Waals surface area (Å²) in [6, 6.07) is 15.1. The maximum absolute atomic E-state index is 11.9. The number of hydrogen-bond donors (Lipinski definition) is 0. The Labute approximate surface area is 128 Å². The normalized spacial score (nSPS) is 10.1. The van der Waals surface area contributed by atoms with Gasteiger partial charge in [0.15, 0.2) is 0 Å². The van der Waals surface area contributed by atoms with Crippen LogP contribution >= 0.6 is 38.5 Å². The van der Waals surface area contributed by atoms with E-state index in [0.29, 0.717) is 5.56 Å². The molecule has 0 radical (unpaired) electrons. The van der Waals surface area contributed by atoms with Gasteiger partial charge >= 0.3 is 5.97 Å². The molecule has 0 unspecified atom stereocenters. The Morgan fingerprint density at radius 2 is 1.78 bits per heavy atom. The van der Waals surface area contributed by atoms with E-state index in [2.05, 4.69) is 38.5 Å². The molecule has 0 saturated heterocycles. The highest BCUT2D eigenvalue weighted by atomic mass is 127. The van der Waals surface area contributed by atoms with Crippen LogP contribution in [0, 0.1) is 3.57 Å². The van der Waals surface area contributed by atoms with Crippen molar-refractivity contribution >= 4 is 44.5 Å². The fourth-order valence-electron chi connectivity index (χ4n) is 1.46. The van der Waals surface area contributed by atoms with Crippen molar-refractivity contribution < 1.29 is 9.53 Å². The van der Waals surface area contributed by atoms with Crippen LogP contribution in [-0.2, 0) is 11.3 Å². The molecule has 2 aromatic rings. The average molecular weight is 417 g/mol. The van der Waals surface area contributed by atoms with Gasteiger partial charge in [-0.3, -0.25) is 0 Å². The minimum Gasteiger partial charge on any atom is -0.457 e. The van der Waals surface area contributed by atoms with Crippen molar-refractivity contribution in [1.82, 2.24) is 0 Å². The summed E-state index contributed by atoms with van der Waals surface area (Å²) in [6.07, 6.45) is 0. The monoisotopic (exact) mass is 416 g/mol. The van der Waals surface area contributed by atoms with Crippen LogP contribution in [0.1, 0.15) is 15.9 Å². The maximum Gasteiger partial charge on any atom is 0.339 e. The highest BCUT2D eigenvalue weighted by molar-refractivity contribution is 14.1. The number of benzene rings is 2. The van der Waals surface area contributed by atoms with Crippen LogP contribution in [0.4, 0.5) is 0 Å².